The lowest BCUT2D eigenvalue weighted by Gasteiger charge is -2.24. The Hall–Kier alpha value is -0.580. The topological polar surface area (TPSA) is 24.1 Å². The van der Waals surface area contributed by atoms with Gasteiger partial charge in [0.1, 0.15) is 5.82 Å². The van der Waals surface area contributed by atoms with Gasteiger partial charge in [-0.3, -0.25) is 0 Å². The van der Waals surface area contributed by atoms with Crippen LogP contribution in [0.15, 0.2) is 29.2 Å². The van der Waals surface area contributed by atoms with E-state index in [-0.39, 0.29) is 11.4 Å². The van der Waals surface area contributed by atoms with Crippen LogP contribution >= 0.6 is 11.8 Å². The van der Waals surface area contributed by atoms with E-state index in [4.69, 9.17) is 0 Å². The molecule has 2 N–H and O–H groups in total. The van der Waals surface area contributed by atoms with Gasteiger partial charge in [-0.05, 0) is 44.2 Å². The van der Waals surface area contributed by atoms with Crippen LogP contribution in [0.25, 0.3) is 0 Å². The van der Waals surface area contributed by atoms with Crippen LogP contribution in [0, 0.1) is 5.82 Å². The highest BCUT2D eigenvalue weighted by atomic mass is 32.2. The van der Waals surface area contributed by atoms with E-state index in [2.05, 4.69) is 17.6 Å². The number of benzene rings is 1. The highest BCUT2D eigenvalue weighted by molar-refractivity contribution is 7.99. The van der Waals surface area contributed by atoms with Crippen molar-refractivity contribution in [2.75, 3.05) is 25.4 Å². The van der Waals surface area contributed by atoms with E-state index in [1.807, 2.05) is 12.1 Å². The summed E-state index contributed by atoms with van der Waals surface area (Å²) in [5.41, 5.74) is 0.253. The first kappa shape index (κ1) is 12.9. The Morgan fingerprint density at radius 3 is 2.82 bits per heavy atom. The standard InChI is InChI=1S/C13H19FN2S/c1-13(6-7-15-10-13)16-8-9-17-12-4-2-11(14)3-5-12/h2-5,15-16H,6-10H2,1H3. The molecule has 0 radical (unpaired) electrons. The van der Waals surface area contributed by atoms with Gasteiger partial charge in [0, 0.05) is 29.3 Å². The second kappa shape index (κ2) is 5.85. The summed E-state index contributed by atoms with van der Waals surface area (Å²) in [5.74, 6) is 0.846. The molecule has 0 aromatic heterocycles. The normalized spacial score (nSPS) is 24.1. The molecule has 2 nitrogen and oxygen atoms in total. The number of nitrogens with one attached hydrogen (secondary N) is 2. The summed E-state index contributed by atoms with van der Waals surface area (Å²) in [4.78, 5) is 1.13. The molecule has 1 atom stereocenters. The molecule has 0 spiro atoms. The van der Waals surface area contributed by atoms with Gasteiger partial charge in [0.25, 0.3) is 0 Å². The van der Waals surface area contributed by atoms with E-state index in [0.717, 1.165) is 30.3 Å². The molecule has 1 aromatic carbocycles. The van der Waals surface area contributed by atoms with Crippen LogP contribution in [0.3, 0.4) is 0 Å². The third-order valence-corrected chi connectivity index (χ3v) is 4.12. The molecule has 1 saturated heterocycles. The Labute approximate surface area is 106 Å². The van der Waals surface area contributed by atoms with Crippen molar-refractivity contribution in [2.24, 2.45) is 0 Å². The highest BCUT2D eigenvalue weighted by Gasteiger charge is 2.26. The summed E-state index contributed by atoms with van der Waals surface area (Å²) in [6.45, 7) is 5.40. The minimum absolute atomic E-state index is 0.169. The van der Waals surface area contributed by atoms with Gasteiger partial charge in [-0.1, -0.05) is 0 Å². The van der Waals surface area contributed by atoms with Crippen molar-refractivity contribution in [3.8, 4) is 0 Å². The van der Waals surface area contributed by atoms with Crippen molar-refractivity contribution < 1.29 is 4.39 Å². The van der Waals surface area contributed by atoms with Gasteiger partial charge in [-0.25, -0.2) is 4.39 Å². The third kappa shape index (κ3) is 3.98. The van der Waals surface area contributed by atoms with E-state index in [9.17, 15) is 4.39 Å². The first-order valence-corrected chi connectivity index (χ1v) is 7.01. The fourth-order valence-corrected chi connectivity index (χ4v) is 2.79. The molecule has 2 rings (SSSR count). The van der Waals surface area contributed by atoms with Crippen LogP contribution in [0.1, 0.15) is 13.3 Å². The summed E-state index contributed by atoms with van der Waals surface area (Å²) in [6, 6.07) is 6.69. The highest BCUT2D eigenvalue weighted by Crippen LogP contribution is 2.18. The summed E-state index contributed by atoms with van der Waals surface area (Å²) < 4.78 is 12.7. The van der Waals surface area contributed by atoms with Gasteiger partial charge in [-0.2, -0.15) is 0 Å². The molecular formula is C13H19FN2S. The lowest BCUT2D eigenvalue weighted by molar-refractivity contribution is 0.400. The van der Waals surface area contributed by atoms with Crippen molar-refractivity contribution in [1.29, 1.82) is 0 Å². The number of rotatable bonds is 5. The zero-order valence-corrected chi connectivity index (χ0v) is 10.9. The number of hydrogen-bond acceptors (Lipinski definition) is 3. The predicted octanol–water partition coefficient (Wildman–Crippen LogP) is 2.26. The molecule has 0 saturated carbocycles. The van der Waals surface area contributed by atoms with Gasteiger partial charge in [0.2, 0.25) is 0 Å². The SMILES string of the molecule is CC1(NCCSc2ccc(F)cc2)CCNC1. The molecule has 1 fully saturated rings. The fraction of sp³-hybridized carbons (Fsp3) is 0.538. The lowest BCUT2D eigenvalue weighted by Crippen LogP contribution is -2.45. The summed E-state index contributed by atoms with van der Waals surface area (Å²) in [6.07, 6.45) is 1.19. The Morgan fingerprint density at radius 1 is 1.41 bits per heavy atom. The van der Waals surface area contributed by atoms with E-state index in [1.54, 1.807) is 11.8 Å². The Kier molecular flexibility index (Phi) is 4.42. The van der Waals surface area contributed by atoms with E-state index >= 15 is 0 Å². The van der Waals surface area contributed by atoms with E-state index < -0.39 is 0 Å². The summed E-state index contributed by atoms with van der Waals surface area (Å²) in [7, 11) is 0. The van der Waals surface area contributed by atoms with Crippen LogP contribution in [0.4, 0.5) is 4.39 Å². The average molecular weight is 254 g/mol. The molecule has 17 heavy (non-hydrogen) atoms. The Balaban J connectivity index is 1.67. The smallest absolute Gasteiger partial charge is 0.123 e. The molecule has 0 bridgehead atoms. The minimum atomic E-state index is -0.169. The van der Waals surface area contributed by atoms with Gasteiger partial charge in [-0.15, -0.1) is 11.8 Å². The zero-order chi connectivity index (χ0) is 12.1. The maximum atomic E-state index is 12.7. The second-order valence-corrected chi connectivity index (χ2v) is 5.88. The number of halogens is 1. The van der Waals surface area contributed by atoms with Crippen molar-refractivity contribution in [3.05, 3.63) is 30.1 Å². The van der Waals surface area contributed by atoms with Crippen LogP contribution in [0.2, 0.25) is 0 Å². The van der Waals surface area contributed by atoms with Crippen LogP contribution in [0.5, 0.6) is 0 Å². The molecule has 1 heterocycles. The van der Waals surface area contributed by atoms with Crippen molar-refractivity contribution >= 4 is 11.8 Å². The first-order chi connectivity index (χ1) is 8.18. The molecular weight excluding hydrogens is 235 g/mol. The molecule has 1 aliphatic heterocycles. The monoisotopic (exact) mass is 254 g/mol. The first-order valence-electron chi connectivity index (χ1n) is 6.02. The van der Waals surface area contributed by atoms with Crippen LogP contribution in [-0.2, 0) is 0 Å². The molecule has 94 valence electrons. The molecule has 1 unspecified atom stereocenters. The van der Waals surface area contributed by atoms with Gasteiger partial charge in [0.15, 0.2) is 0 Å². The van der Waals surface area contributed by atoms with Crippen molar-refractivity contribution in [3.63, 3.8) is 0 Å². The quantitative estimate of drug-likeness (QED) is 0.622. The van der Waals surface area contributed by atoms with Gasteiger partial charge < -0.3 is 10.6 Å². The molecule has 1 aliphatic rings. The maximum Gasteiger partial charge on any atom is 0.123 e. The minimum Gasteiger partial charge on any atom is -0.315 e. The average Bonchev–Trinajstić information content (AvgIpc) is 2.74. The molecule has 1 aromatic rings. The molecule has 0 aliphatic carbocycles. The maximum absolute atomic E-state index is 12.7. The number of thioether (sulfide) groups is 1. The Morgan fingerprint density at radius 2 is 2.18 bits per heavy atom. The molecule has 4 heteroatoms. The zero-order valence-electron chi connectivity index (χ0n) is 10.1. The van der Waals surface area contributed by atoms with E-state index in [0.29, 0.717) is 0 Å². The second-order valence-electron chi connectivity index (χ2n) is 4.72. The largest absolute Gasteiger partial charge is 0.315 e. The summed E-state index contributed by atoms with van der Waals surface area (Å²) in [5, 5.41) is 6.95. The molecule has 0 amide bonds. The van der Waals surface area contributed by atoms with E-state index in [1.165, 1.54) is 18.6 Å². The fourth-order valence-electron chi connectivity index (χ4n) is 2.02. The van der Waals surface area contributed by atoms with Crippen LogP contribution < -0.4 is 10.6 Å². The lowest BCUT2D eigenvalue weighted by atomic mass is 10.0. The predicted molar refractivity (Wildman–Crippen MR) is 71.0 cm³/mol. The van der Waals surface area contributed by atoms with Crippen LogP contribution in [-0.4, -0.2) is 30.9 Å². The Bertz CT molecular complexity index is 347. The third-order valence-electron chi connectivity index (χ3n) is 3.10. The summed E-state index contributed by atoms with van der Waals surface area (Å²) >= 11 is 1.76. The van der Waals surface area contributed by atoms with Gasteiger partial charge >= 0.3 is 0 Å². The number of hydrogen-bond donors (Lipinski definition) is 2. The van der Waals surface area contributed by atoms with Crippen molar-refractivity contribution in [2.45, 2.75) is 23.8 Å². The van der Waals surface area contributed by atoms with Crippen molar-refractivity contribution in [1.82, 2.24) is 10.6 Å². The van der Waals surface area contributed by atoms with Gasteiger partial charge in [0.05, 0.1) is 0 Å².